The van der Waals surface area contributed by atoms with E-state index in [1.54, 1.807) is 0 Å². The number of benzene rings is 1. The lowest BCUT2D eigenvalue weighted by Gasteiger charge is -2.21. The summed E-state index contributed by atoms with van der Waals surface area (Å²) in [5.74, 6) is -2.15. The van der Waals surface area contributed by atoms with E-state index >= 15 is 0 Å². The highest BCUT2D eigenvalue weighted by atomic mass is 19.1. The van der Waals surface area contributed by atoms with Crippen molar-refractivity contribution in [3.05, 3.63) is 35.6 Å². The van der Waals surface area contributed by atoms with Crippen molar-refractivity contribution in [3.63, 3.8) is 0 Å². The Kier molecular flexibility index (Phi) is 3.60. The maximum atomic E-state index is 12.9. The van der Waals surface area contributed by atoms with Gasteiger partial charge in [-0.1, -0.05) is 6.07 Å². The SMILES string of the molecule is CC(C(=O)O)N(C)C(=O)c1cccc(F)c1. The summed E-state index contributed by atoms with van der Waals surface area (Å²) in [7, 11) is 1.37. The molecular formula is C11H12FNO3. The fraction of sp³-hybridized carbons (Fsp3) is 0.273. The molecule has 0 heterocycles. The van der Waals surface area contributed by atoms with Crippen LogP contribution in [0.5, 0.6) is 0 Å². The van der Waals surface area contributed by atoms with Gasteiger partial charge in [0.05, 0.1) is 0 Å². The zero-order chi connectivity index (χ0) is 12.3. The van der Waals surface area contributed by atoms with Crippen LogP contribution in [0.1, 0.15) is 17.3 Å². The van der Waals surface area contributed by atoms with E-state index in [9.17, 15) is 14.0 Å². The summed E-state index contributed by atoms with van der Waals surface area (Å²) in [6.07, 6.45) is 0. The van der Waals surface area contributed by atoms with Gasteiger partial charge in [0, 0.05) is 12.6 Å². The van der Waals surface area contributed by atoms with Gasteiger partial charge >= 0.3 is 5.97 Å². The van der Waals surface area contributed by atoms with Gasteiger partial charge in [-0.25, -0.2) is 9.18 Å². The lowest BCUT2D eigenvalue weighted by atomic mass is 10.1. The first-order chi connectivity index (χ1) is 7.43. The van der Waals surface area contributed by atoms with Crippen LogP contribution < -0.4 is 0 Å². The van der Waals surface area contributed by atoms with Crippen molar-refractivity contribution < 1.29 is 19.1 Å². The second-order valence-corrected chi connectivity index (χ2v) is 3.44. The second kappa shape index (κ2) is 4.74. The van der Waals surface area contributed by atoms with E-state index in [0.717, 1.165) is 11.0 Å². The van der Waals surface area contributed by atoms with Gasteiger partial charge in [-0.3, -0.25) is 4.79 Å². The Labute approximate surface area is 92.3 Å². The molecule has 1 unspecified atom stereocenters. The number of amides is 1. The van der Waals surface area contributed by atoms with Crippen molar-refractivity contribution in [1.29, 1.82) is 0 Å². The van der Waals surface area contributed by atoms with Gasteiger partial charge in [0.25, 0.3) is 5.91 Å². The minimum Gasteiger partial charge on any atom is -0.480 e. The van der Waals surface area contributed by atoms with E-state index in [1.807, 2.05) is 0 Å². The number of carboxylic acid groups (broad SMARTS) is 1. The van der Waals surface area contributed by atoms with Crippen LogP contribution in [0.4, 0.5) is 4.39 Å². The average Bonchev–Trinajstić information content (AvgIpc) is 2.26. The third-order valence-corrected chi connectivity index (χ3v) is 2.33. The van der Waals surface area contributed by atoms with E-state index < -0.39 is 23.7 Å². The number of likely N-dealkylation sites (N-methyl/N-ethyl adjacent to an activating group) is 1. The van der Waals surface area contributed by atoms with Gasteiger partial charge in [0.2, 0.25) is 0 Å². The van der Waals surface area contributed by atoms with E-state index in [2.05, 4.69) is 0 Å². The number of hydrogen-bond acceptors (Lipinski definition) is 2. The zero-order valence-electron chi connectivity index (χ0n) is 8.98. The van der Waals surface area contributed by atoms with Gasteiger partial charge in [0.1, 0.15) is 11.9 Å². The van der Waals surface area contributed by atoms with Gasteiger partial charge < -0.3 is 10.0 Å². The van der Waals surface area contributed by atoms with Crippen molar-refractivity contribution >= 4 is 11.9 Å². The van der Waals surface area contributed by atoms with Gasteiger partial charge in [-0.2, -0.15) is 0 Å². The molecule has 16 heavy (non-hydrogen) atoms. The molecule has 1 amide bonds. The van der Waals surface area contributed by atoms with Crippen LogP contribution in [0.15, 0.2) is 24.3 Å². The number of halogens is 1. The fourth-order valence-electron chi connectivity index (χ4n) is 1.17. The van der Waals surface area contributed by atoms with Gasteiger partial charge in [0.15, 0.2) is 0 Å². The molecule has 0 aliphatic heterocycles. The molecule has 1 atom stereocenters. The van der Waals surface area contributed by atoms with Crippen LogP contribution in [-0.4, -0.2) is 35.0 Å². The second-order valence-electron chi connectivity index (χ2n) is 3.44. The van der Waals surface area contributed by atoms with Gasteiger partial charge in [-0.15, -0.1) is 0 Å². The predicted molar refractivity (Wildman–Crippen MR) is 55.6 cm³/mol. The summed E-state index contributed by atoms with van der Waals surface area (Å²) in [6, 6.07) is 4.19. The smallest absolute Gasteiger partial charge is 0.326 e. The topological polar surface area (TPSA) is 57.6 Å². The van der Waals surface area contributed by atoms with E-state index in [1.165, 1.54) is 32.2 Å². The predicted octanol–water partition coefficient (Wildman–Crippen LogP) is 1.37. The summed E-state index contributed by atoms with van der Waals surface area (Å²) in [4.78, 5) is 23.5. The maximum absolute atomic E-state index is 12.9. The molecule has 0 spiro atoms. The lowest BCUT2D eigenvalue weighted by molar-refractivity contribution is -0.141. The van der Waals surface area contributed by atoms with Gasteiger partial charge in [-0.05, 0) is 25.1 Å². The lowest BCUT2D eigenvalue weighted by Crippen LogP contribution is -2.40. The summed E-state index contributed by atoms with van der Waals surface area (Å²) in [6.45, 7) is 1.39. The Morgan fingerprint density at radius 2 is 2.06 bits per heavy atom. The number of rotatable bonds is 3. The number of carbonyl (C=O) groups is 2. The molecule has 1 aromatic carbocycles. The first-order valence-electron chi connectivity index (χ1n) is 4.69. The maximum Gasteiger partial charge on any atom is 0.326 e. The molecular weight excluding hydrogens is 213 g/mol. The average molecular weight is 225 g/mol. The molecule has 0 radical (unpaired) electrons. The summed E-state index contributed by atoms with van der Waals surface area (Å²) >= 11 is 0. The Bertz CT molecular complexity index is 419. The Balaban J connectivity index is 2.90. The van der Waals surface area contributed by atoms with Crippen LogP contribution in [0.2, 0.25) is 0 Å². The van der Waals surface area contributed by atoms with Crippen molar-refractivity contribution in [2.24, 2.45) is 0 Å². The summed E-state index contributed by atoms with van der Waals surface area (Å²) in [5, 5.41) is 8.73. The fourth-order valence-corrected chi connectivity index (χ4v) is 1.17. The molecule has 1 aromatic rings. The first kappa shape index (κ1) is 12.2. The molecule has 4 nitrogen and oxygen atoms in total. The monoisotopic (exact) mass is 225 g/mol. The largest absolute Gasteiger partial charge is 0.480 e. The molecule has 0 aliphatic rings. The Morgan fingerprint density at radius 3 is 2.56 bits per heavy atom. The minimum absolute atomic E-state index is 0.135. The zero-order valence-corrected chi connectivity index (χ0v) is 8.98. The van der Waals surface area contributed by atoms with Crippen LogP contribution in [-0.2, 0) is 4.79 Å². The van der Waals surface area contributed by atoms with Crippen molar-refractivity contribution in [3.8, 4) is 0 Å². The van der Waals surface area contributed by atoms with Crippen LogP contribution in [0.3, 0.4) is 0 Å². The molecule has 0 bridgehead atoms. The highest BCUT2D eigenvalue weighted by Gasteiger charge is 2.22. The summed E-state index contributed by atoms with van der Waals surface area (Å²) < 4.78 is 12.9. The molecule has 1 rings (SSSR count). The standard InChI is InChI=1S/C11H12FNO3/c1-7(11(15)16)13(2)10(14)8-4-3-5-9(12)6-8/h3-7H,1-2H3,(H,15,16). The normalized spacial score (nSPS) is 11.9. The van der Waals surface area contributed by atoms with Crippen LogP contribution >= 0.6 is 0 Å². The molecule has 0 aromatic heterocycles. The quantitative estimate of drug-likeness (QED) is 0.845. The van der Waals surface area contributed by atoms with E-state index in [4.69, 9.17) is 5.11 Å². The van der Waals surface area contributed by atoms with Crippen molar-refractivity contribution in [1.82, 2.24) is 4.90 Å². The number of hydrogen-bond donors (Lipinski definition) is 1. The molecule has 0 saturated heterocycles. The van der Waals surface area contributed by atoms with Crippen molar-refractivity contribution in [2.75, 3.05) is 7.05 Å². The molecule has 86 valence electrons. The first-order valence-corrected chi connectivity index (χ1v) is 4.69. The Hall–Kier alpha value is -1.91. The highest BCUT2D eigenvalue weighted by molar-refractivity contribution is 5.96. The van der Waals surface area contributed by atoms with Crippen LogP contribution in [0, 0.1) is 5.82 Å². The third kappa shape index (κ3) is 2.56. The number of aliphatic carboxylic acids is 1. The summed E-state index contributed by atoms with van der Waals surface area (Å²) in [5.41, 5.74) is 0.135. The number of carboxylic acids is 1. The minimum atomic E-state index is -1.10. The van der Waals surface area contributed by atoms with Crippen LogP contribution in [0.25, 0.3) is 0 Å². The molecule has 1 N–H and O–H groups in total. The number of carbonyl (C=O) groups excluding carboxylic acids is 1. The van der Waals surface area contributed by atoms with E-state index in [-0.39, 0.29) is 5.56 Å². The van der Waals surface area contributed by atoms with E-state index in [0.29, 0.717) is 0 Å². The molecule has 0 saturated carbocycles. The third-order valence-electron chi connectivity index (χ3n) is 2.33. The Morgan fingerprint density at radius 1 is 1.44 bits per heavy atom. The number of nitrogens with zero attached hydrogens (tertiary/aromatic N) is 1. The molecule has 0 fully saturated rings. The molecule has 5 heteroatoms. The highest BCUT2D eigenvalue weighted by Crippen LogP contribution is 2.08. The van der Waals surface area contributed by atoms with Crippen molar-refractivity contribution in [2.45, 2.75) is 13.0 Å². The molecule has 0 aliphatic carbocycles.